The van der Waals surface area contributed by atoms with E-state index in [2.05, 4.69) is 0 Å². The van der Waals surface area contributed by atoms with E-state index in [1.54, 1.807) is 4.90 Å². The van der Waals surface area contributed by atoms with Crippen molar-refractivity contribution in [1.82, 2.24) is 9.80 Å². The summed E-state index contributed by atoms with van der Waals surface area (Å²) < 4.78 is 5.27. The third kappa shape index (κ3) is 3.97. The maximum Gasteiger partial charge on any atom is 0.418 e. The number of carbonyl (C=O) groups is 2. The predicted molar refractivity (Wildman–Crippen MR) is 79.8 cm³/mol. The molecule has 0 bridgehead atoms. The molecule has 0 unspecified atom stereocenters. The molecule has 1 saturated heterocycles. The van der Waals surface area contributed by atoms with Crippen LogP contribution >= 0.6 is 0 Å². The highest BCUT2D eigenvalue weighted by Gasteiger charge is 2.31. The van der Waals surface area contributed by atoms with Crippen LogP contribution in [-0.4, -0.2) is 41.1 Å². The Bertz CT molecular complexity index is 482. The Morgan fingerprint density at radius 1 is 1.19 bits per heavy atom. The second kappa shape index (κ2) is 7.11. The summed E-state index contributed by atoms with van der Waals surface area (Å²) in [5.41, 5.74) is 0.906. The molecule has 5 heteroatoms. The fourth-order valence-corrected chi connectivity index (χ4v) is 2.36. The van der Waals surface area contributed by atoms with Gasteiger partial charge < -0.3 is 9.64 Å². The van der Waals surface area contributed by atoms with Crippen LogP contribution in [0.25, 0.3) is 0 Å². The number of hydrogen-bond donors (Lipinski definition) is 0. The zero-order valence-corrected chi connectivity index (χ0v) is 12.6. The summed E-state index contributed by atoms with van der Waals surface area (Å²) in [6.07, 6.45) is 1.42. The molecular formula is C16H22N2O3. The van der Waals surface area contributed by atoms with Crippen molar-refractivity contribution >= 4 is 12.1 Å². The zero-order chi connectivity index (χ0) is 15.2. The van der Waals surface area contributed by atoms with Crippen molar-refractivity contribution in [3.8, 4) is 0 Å². The van der Waals surface area contributed by atoms with E-state index in [1.807, 2.05) is 44.2 Å². The number of carbonyl (C=O) groups excluding carboxylic acids is 2. The smallest absolute Gasteiger partial charge is 0.418 e. The van der Waals surface area contributed by atoms with Crippen LogP contribution < -0.4 is 0 Å². The van der Waals surface area contributed by atoms with Crippen molar-refractivity contribution in [2.75, 3.05) is 13.1 Å². The average Bonchev–Trinajstić information content (AvgIpc) is 3.00. The third-order valence-electron chi connectivity index (χ3n) is 3.50. The van der Waals surface area contributed by atoms with E-state index in [9.17, 15) is 9.59 Å². The lowest BCUT2D eigenvalue weighted by molar-refractivity contribution is 0.0868. The summed E-state index contributed by atoms with van der Waals surface area (Å²) >= 11 is 0. The maximum absolute atomic E-state index is 12.4. The highest BCUT2D eigenvalue weighted by atomic mass is 16.6. The lowest BCUT2D eigenvalue weighted by atomic mass is 10.2. The van der Waals surface area contributed by atoms with Crippen molar-refractivity contribution in [1.29, 1.82) is 0 Å². The molecule has 1 heterocycles. The molecule has 0 aromatic heterocycles. The first-order valence-corrected chi connectivity index (χ1v) is 7.38. The number of benzene rings is 1. The molecule has 1 aromatic rings. The number of rotatable bonds is 3. The van der Waals surface area contributed by atoms with Crippen molar-refractivity contribution in [2.45, 2.75) is 39.3 Å². The number of nitrogens with zero attached hydrogens (tertiary/aromatic N) is 2. The summed E-state index contributed by atoms with van der Waals surface area (Å²) in [4.78, 5) is 27.5. The van der Waals surface area contributed by atoms with Crippen LogP contribution in [0.4, 0.5) is 9.59 Å². The molecule has 21 heavy (non-hydrogen) atoms. The van der Waals surface area contributed by atoms with Gasteiger partial charge in [-0.1, -0.05) is 30.3 Å². The Morgan fingerprint density at radius 3 is 2.38 bits per heavy atom. The first kappa shape index (κ1) is 15.4. The number of imide groups is 1. The Balaban J connectivity index is 1.97. The van der Waals surface area contributed by atoms with E-state index < -0.39 is 6.09 Å². The molecule has 2 rings (SSSR count). The summed E-state index contributed by atoms with van der Waals surface area (Å²) in [5.74, 6) is 0. The van der Waals surface area contributed by atoms with E-state index in [0.717, 1.165) is 18.4 Å². The highest BCUT2D eigenvalue weighted by Crippen LogP contribution is 2.14. The van der Waals surface area contributed by atoms with Gasteiger partial charge in [0.05, 0.1) is 0 Å². The Hall–Kier alpha value is -2.04. The van der Waals surface area contributed by atoms with Gasteiger partial charge in [0, 0.05) is 19.1 Å². The van der Waals surface area contributed by atoms with Crippen molar-refractivity contribution in [2.24, 2.45) is 0 Å². The number of ether oxygens (including phenoxy) is 1. The van der Waals surface area contributed by atoms with Crippen molar-refractivity contribution in [3.05, 3.63) is 35.9 Å². The van der Waals surface area contributed by atoms with Gasteiger partial charge in [0.15, 0.2) is 0 Å². The number of likely N-dealkylation sites (tertiary alicyclic amines) is 1. The van der Waals surface area contributed by atoms with Gasteiger partial charge in [-0.3, -0.25) is 0 Å². The standard InChI is InChI=1S/C16H22N2O3/c1-13(2)18(15(19)17-10-6-7-11-17)16(20)21-12-14-8-4-3-5-9-14/h3-5,8-9,13H,6-7,10-12H2,1-2H3. The van der Waals surface area contributed by atoms with Gasteiger partial charge in [0.2, 0.25) is 0 Å². The normalized spacial score (nSPS) is 14.3. The lowest BCUT2D eigenvalue weighted by Crippen LogP contribution is -2.48. The fourth-order valence-electron chi connectivity index (χ4n) is 2.36. The van der Waals surface area contributed by atoms with Gasteiger partial charge in [-0.2, -0.15) is 0 Å². The summed E-state index contributed by atoms with van der Waals surface area (Å²) in [6.45, 7) is 5.24. The van der Waals surface area contributed by atoms with E-state index >= 15 is 0 Å². The molecule has 5 nitrogen and oxygen atoms in total. The first-order chi connectivity index (χ1) is 10.1. The summed E-state index contributed by atoms with van der Waals surface area (Å²) in [6, 6.07) is 8.98. The van der Waals surface area contributed by atoms with Crippen molar-refractivity contribution in [3.63, 3.8) is 0 Å². The minimum Gasteiger partial charge on any atom is -0.444 e. The number of urea groups is 1. The Kier molecular flexibility index (Phi) is 5.20. The SMILES string of the molecule is CC(C)N(C(=O)OCc1ccccc1)C(=O)N1CCCC1. The quantitative estimate of drug-likeness (QED) is 0.858. The Labute approximate surface area is 125 Å². The van der Waals surface area contributed by atoms with Crippen LogP contribution in [0.3, 0.4) is 0 Å². The predicted octanol–water partition coefficient (Wildman–Crippen LogP) is 3.25. The van der Waals surface area contributed by atoms with E-state index in [0.29, 0.717) is 13.1 Å². The minimum atomic E-state index is -0.578. The summed E-state index contributed by atoms with van der Waals surface area (Å²) in [5, 5.41) is 0. The largest absolute Gasteiger partial charge is 0.444 e. The van der Waals surface area contributed by atoms with E-state index in [-0.39, 0.29) is 18.7 Å². The van der Waals surface area contributed by atoms with Gasteiger partial charge in [-0.25, -0.2) is 14.5 Å². The third-order valence-corrected chi connectivity index (χ3v) is 3.50. The highest BCUT2D eigenvalue weighted by molar-refractivity contribution is 5.91. The molecule has 0 spiro atoms. The van der Waals surface area contributed by atoms with Gasteiger partial charge >= 0.3 is 12.1 Å². The maximum atomic E-state index is 12.4. The molecular weight excluding hydrogens is 268 g/mol. The van der Waals surface area contributed by atoms with Crippen LogP contribution in [0.5, 0.6) is 0 Å². The van der Waals surface area contributed by atoms with E-state index in [4.69, 9.17) is 4.74 Å². The van der Waals surface area contributed by atoms with Crippen LogP contribution in [-0.2, 0) is 11.3 Å². The van der Waals surface area contributed by atoms with Gasteiger partial charge in [0.1, 0.15) is 6.61 Å². The second-order valence-corrected chi connectivity index (χ2v) is 5.48. The first-order valence-electron chi connectivity index (χ1n) is 7.38. The van der Waals surface area contributed by atoms with Gasteiger partial charge in [-0.05, 0) is 32.3 Å². The van der Waals surface area contributed by atoms with E-state index in [1.165, 1.54) is 4.90 Å². The van der Waals surface area contributed by atoms with Crippen LogP contribution in [0.1, 0.15) is 32.3 Å². The molecule has 1 aromatic carbocycles. The molecule has 1 aliphatic rings. The van der Waals surface area contributed by atoms with Crippen molar-refractivity contribution < 1.29 is 14.3 Å². The minimum absolute atomic E-state index is 0.177. The van der Waals surface area contributed by atoms with Crippen LogP contribution in [0, 0.1) is 0 Å². The number of hydrogen-bond acceptors (Lipinski definition) is 3. The molecule has 0 aliphatic carbocycles. The second-order valence-electron chi connectivity index (χ2n) is 5.48. The molecule has 0 saturated carbocycles. The topological polar surface area (TPSA) is 49.9 Å². The molecule has 0 radical (unpaired) electrons. The molecule has 114 valence electrons. The monoisotopic (exact) mass is 290 g/mol. The average molecular weight is 290 g/mol. The zero-order valence-electron chi connectivity index (χ0n) is 12.6. The van der Waals surface area contributed by atoms with Gasteiger partial charge in [-0.15, -0.1) is 0 Å². The summed E-state index contributed by atoms with van der Waals surface area (Å²) in [7, 11) is 0. The molecule has 3 amide bonds. The van der Waals surface area contributed by atoms with Crippen LogP contribution in [0.15, 0.2) is 30.3 Å². The lowest BCUT2D eigenvalue weighted by Gasteiger charge is -2.28. The molecule has 1 fully saturated rings. The molecule has 0 N–H and O–H groups in total. The molecule has 1 aliphatic heterocycles. The van der Waals surface area contributed by atoms with Crippen LogP contribution in [0.2, 0.25) is 0 Å². The fraction of sp³-hybridized carbons (Fsp3) is 0.500. The molecule has 0 atom stereocenters. The number of amides is 3. The Morgan fingerprint density at radius 2 is 1.81 bits per heavy atom. The van der Waals surface area contributed by atoms with Gasteiger partial charge in [0.25, 0.3) is 0 Å².